The van der Waals surface area contributed by atoms with Crippen LogP contribution in [0.25, 0.3) is 0 Å². The molecule has 1 heterocycles. The second kappa shape index (κ2) is 8.92. The van der Waals surface area contributed by atoms with E-state index in [0.29, 0.717) is 29.3 Å². The Morgan fingerprint density at radius 1 is 1.17 bits per heavy atom. The summed E-state index contributed by atoms with van der Waals surface area (Å²) in [7, 11) is -2.08. The van der Waals surface area contributed by atoms with Crippen LogP contribution in [0.2, 0.25) is 10.0 Å². The largest absolute Gasteiger partial charge is 0.496 e. The first-order valence-corrected chi connectivity index (χ1v) is 11.3. The molecular formula is C20H22Cl2N2O4S. The summed E-state index contributed by atoms with van der Waals surface area (Å²) in [5.74, 6) is 0.152. The molecule has 1 N–H and O–H groups in total. The Kier molecular flexibility index (Phi) is 6.73. The minimum Gasteiger partial charge on any atom is -0.496 e. The molecule has 0 radical (unpaired) electrons. The number of hydrogen-bond acceptors (Lipinski definition) is 4. The van der Waals surface area contributed by atoms with Gasteiger partial charge in [-0.1, -0.05) is 29.3 Å². The van der Waals surface area contributed by atoms with Crippen LogP contribution in [0.15, 0.2) is 41.3 Å². The van der Waals surface area contributed by atoms with Crippen LogP contribution < -0.4 is 10.1 Å². The molecule has 6 nitrogen and oxygen atoms in total. The molecule has 0 aliphatic carbocycles. The third-order valence-electron chi connectivity index (χ3n) is 5.04. The average Bonchev–Trinajstić information content (AvgIpc) is 2.71. The highest BCUT2D eigenvalue weighted by atomic mass is 35.5. The lowest BCUT2D eigenvalue weighted by molar-refractivity contribution is -0.120. The van der Waals surface area contributed by atoms with Gasteiger partial charge in [-0.05, 0) is 55.7 Å². The van der Waals surface area contributed by atoms with Crippen LogP contribution in [0, 0.1) is 12.8 Å². The second-order valence-corrected chi connectivity index (χ2v) is 9.62. The zero-order chi connectivity index (χ0) is 21.2. The number of halogens is 2. The molecule has 0 unspecified atom stereocenters. The van der Waals surface area contributed by atoms with Gasteiger partial charge in [0.2, 0.25) is 15.9 Å². The average molecular weight is 457 g/mol. The van der Waals surface area contributed by atoms with Crippen LogP contribution in [0.5, 0.6) is 5.75 Å². The number of rotatable bonds is 5. The number of nitrogens with zero attached hydrogens (tertiary/aromatic N) is 1. The fraction of sp³-hybridized carbons (Fsp3) is 0.350. The van der Waals surface area contributed by atoms with Crippen LogP contribution in [-0.2, 0) is 14.8 Å². The molecule has 156 valence electrons. The standard InChI is InChI=1S/C20H22Cl2N2O4S/c1-13-12-15(6-7-18(13)28-2)29(26,27)24-10-8-14(9-11-24)20(25)23-17-5-3-4-16(21)19(17)22/h3-7,12,14H,8-11H2,1-2H3,(H,23,25). The van der Waals surface area contributed by atoms with Crippen LogP contribution >= 0.6 is 23.2 Å². The third kappa shape index (κ3) is 4.69. The molecule has 1 aliphatic rings. The molecule has 1 saturated heterocycles. The summed E-state index contributed by atoms with van der Waals surface area (Å²) in [4.78, 5) is 12.8. The summed E-state index contributed by atoms with van der Waals surface area (Å²) in [6.07, 6.45) is 0.858. The number of sulfonamides is 1. The maximum Gasteiger partial charge on any atom is 0.243 e. The van der Waals surface area contributed by atoms with Crippen molar-refractivity contribution in [3.8, 4) is 5.75 Å². The smallest absolute Gasteiger partial charge is 0.243 e. The van der Waals surface area contributed by atoms with Crippen LogP contribution in [0.3, 0.4) is 0 Å². The fourth-order valence-electron chi connectivity index (χ4n) is 3.35. The van der Waals surface area contributed by atoms with E-state index in [1.807, 2.05) is 0 Å². The number of nitrogens with one attached hydrogen (secondary N) is 1. The van der Waals surface area contributed by atoms with E-state index < -0.39 is 10.0 Å². The Morgan fingerprint density at radius 3 is 2.48 bits per heavy atom. The Balaban J connectivity index is 1.65. The van der Waals surface area contributed by atoms with Crippen molar-refractivity contribution in [3.63, 3.8) is 0 Å². The molecule has 1 fully saturated rings. The van der Waals surface area contributed by atoms with Crippen molar-refractivity contribution < 1.29 is 17.9 Å². The van der Waals surface area contributed by atoms with Gasteiger partial charge in [-0.3, -0.25) is 4.79 Å². The number of hydrogen-bond donors (Lipinski definition) is 1. The SMILES string of the molecule is COc1ccc(S(=O)(=O)N2CCC(C(=O)Nc3cccc(Cl)c3Cl)CC2)cc1C. The molecule has 3 rings (SSSR count). The number of anilines is 1. The summed E-state index contributed by atoms with van der Waals surface area (Å²) in [5.41, 5.74) is 1.20. The maximum atomic E-state index is 12.9. The van der Waals surface area contributed by atoms with Crippen molar-refractivity contribution in [3.05, 3.63) is 52.0 Å². The number of methoxy groups -OCH3 is 1. The van der Waals surface area contributed by atoms with Crippen molar-refractivity contribution in [1.82, 2.24) is 4.31 Å². The molecule has 0 saturated carbocycles. The minimum absolute atomic E-state index is 0.188. The Labute approximate surface area is 180 Å². The van der Waals surface area contributed by atoms with E-state index in [0.717, 1.165) is 5.56 Å². The van der Waals surface area contributed by atoms with Gasteiger partial charge in [0.05, 0.1) is 27.7 Å². The first-order valence-electron chi connectivity index (χ1n) is 9.13. The molecule has 2 aromatic carbocycles. The summed E-state index contributed by atoms with van der Waals surface area (Å²) in [6, 6.07) is 9.82. The lowest BCUT2D eigenvalue weighted by atomic mass is 9.97. The zero-order valence-corrected chi connectivity index (χ0v) is 18.4. The number of piperidine rings is 1. The Hall–Kier alpha value is -1.80. The van der Waals surface area contributed by atoms with Gasteiger partial charge in [-0.25, -0.2) is 8.42 Å². The lowest BCUT2D eigenvalue weighted by Crippen LogP contribution is -2.41. The maximum absolute atomic E-state index is 12.9. The van der Waals surface area contributed by atoms with Gasteiger partial charge in [0.1, 0.15) is 5.75 Å². The number of benzene rings is 2. The normalized spacial score (nSPS) is 15.9. The van der Waals surface area contributed by atoms with Crippen LogP contribution in [0.4, 0.5) is 5.69 Å². The van der Waals surface area contributed by atoms with Crippen molar-refractivity contribution in [2.24, 2.45) is 5.92 Å². The molecule has 2 aromatic rings. The van der Waals surface area contributed by atoms with E-state index in [2.05, 4.69) is 5.32 Å². The third-order valence-corrected chi connectivity index (χ3v) is 7.75. The molecule has 9 heteroatoms. The first-order chi connectivity index (χ1) is 13.7. The van der Waals surface area contributed by atoms with Gasteiger partial charge in [0, 0.05) is 19.0 Å². The highest BCUT2D eigenvalue weighted by molar-refractivity contribution is 7.89. The second-order valence-electron chi connectivity index (χ2n) is 6.90. The molecule has 0 bridgehead atoms. The monoisotopic (exact) mass is 456 g/mol. The van der Waals surface area contributed by atoms with E-state index in [-0.39, 0.29) is 34.8 Å². The van der Waals surface area contributed by atoms with Crippen molar-refractivity contribution in [2.75, 3.05) is 25.5 Å². The van der Waals surface area contributed by atoms with Crippen LogP contribution in [0.1, 0.15) is 18.4 Å². The summed E-state index contributed by atoms with van der Waals surface area (Å²) < 4.78 is 32.5. The quantitative estimate of drug-likeness (QED) is 0.725. The predicted octanol–water partition coefficient (Wildman–Crippen LogP) is 4.35. The topological polar surface area (TPSA) is 75.7 Å². The molecule has 29 heavy (non-hydrogen) atoms. The number of carbonyl (C=O) groups is 1. The highest BCUT2D eigenvalue weighted by Gasteiger charge is 2.32. The number of amides is 1. The highest BCUT2D eigenvalue weighted by Crippen LogP contribution is 2.31. The Morgan fingerprint density at radius 2 is 1.86 bits per heavy atom. The minimum atomic E-state index is -3.62. The van der Waals surface area contributed by atoms with Gasteiger partial charge in [0.25, 0.3) is 0 Å². The molecule has 1 aliphatic heterocycles. The fourth-order valence-corrected chi connectivity index (χ4v) is 5.26. The van der Waals surface area contributed by atoms with E-state index >= 15 is 0 Å². The van der Waals surface area contributed by atoms with Gasteiger partial charge in [-0.15, -0.1) is 0 Å². The molecule has 1 amide bonds. The summed E-state index contributed by atoms with van der Waals surface area (Å²) in [5, 5.41) is 3.44. The number of aryl methyl sites for hydroxylation is 1. The lowest BCUT2D eigenvalue weighted by Gasteiger charge is -2.30. The van der Waals surface area contributed by atoms with Gasteiger partial charge in [-0.2, -0.15) is 4.31 Å². The van der Waals surface area contributed by atoms with E-state index in [1.54, 1.807) is 50.4 Å². The van der Waals surface area contributed by atoms with Gasteiger partial charge < -0.3 is 10.1 Å². The first kappa shape index (κ1) is 21.9. The van der Waals surface area contributed by atoms with Crippen molar-refractivity contribution in [1.29, 1.82) is 0 Å². The van der Waals surface area contributed by atoms with Gasteiger partial charge in [0.15, 0.2) is 0 Å². The zero-order valence-electron chi connectivity index (χ0n) is 16.1. The number of ether oxygens (including phenoxy) is 1. The Bertz CT molecular complexity index is 1020. The van der Waals surface area contributed by atoms with Gasteiger partial charge >= 0.3 is 0 Å². The van der Waals surface area contributed by atoms with Crippen LogP contribution in [-0.4, -0.2) is 38.8 Å². The molecule has 0 atom stereocenters. The van der Waals surface area contributed by atoms with Crippen molar-refractivity contribution >= 4 is 44.8 Å². The molecular weight excluding hydrogens is 435 g/mol. The molecule has 0 spiro atoms. The van der Waals surface area contributed by atoms with E-state index in [4.69, 9.17) is 27.9 Å². The predicted molar refractivity (Wildman–Crippen MR) is 114 cm³/mol. The van der Waals surface area contributed by atoms with E-state index in [1.165, 1.54) is 4.31 Å². The molecule has 0 aromatic heterocycles. The van der Waals surface area contributed by atoms with Crippen molar-refractivity contribution in [2.45, 2.75) is 24.7 Å². The number of carbonyl (C=O) groups excluding carboxylic acids is 1. The van der Waals surface area contributed by atoms with E-state index in [9.17, 15) is 13.2 Å². The summed E-state index contributed by atoms with van der Waals surface area (Å²) in [6.45, 7) is 2.35. The summed E-state index contributed by atoms with van der Waals surface area (Å²) >= 11 is 12.1.